The van der Waals surface area contributed by atoms with Crippen LogP contribution in [0.1, 0.15) is 26.7 Å². The minimum absolute atomic E-state index is 0.111. The molecule has 2 aromatic rings. The Labute approximate surface area is 119 Å². The van der Waals surface area contributed by atoms with Crippen molar-refractivity contribution in [3.63, 3.8) is 0 Å². The molecule has 2 rings (SSSR count). The highest BCUT2D eigenvalue weighted by Gasteiger charge is 2.18. The standard InChI is InChI=1S/C11H12N2O5S2/c1-6-3-9(19-10(6)11(14)15)13-20(16,17)5-8-4-7(2)18-12-8/h3-4,13H,5H2,1-2H3,(H,14,15). The Balaban J connectivity index is 2.16. The predicted octanol–water partition coefficient (Wildman–Crippen LogP) is 1.99. The lowest BCUT2D eigenvalue weighted by molar-refractivity contribution is 0.0701. The first kappa shape index (κ1) is 14.5. The summed E-state index contributed by atoms with van der Waals surface area (Å²) in [7, 11) is -3.66. The first-order valence-electron chi connectivity index (χ1n) is 5.53. The highest BCUT2D eigenvalue weighted by molar-refractivity contribution is 7.92. The largest absolute Gasteiger partial charge is 0.477 e. The maximum Gasteiger partial charge on any atom is 0.346 e. The van der Waals surface area contributed by atoms with Crippen LogP contribution in [-0.2, 0) is 15.8 Å². The van der Waals surface area contributed by atoms with E-state index < -0.39 is 16.0 Å². The number of nitrogens with zero attached hydrogens (tertiary/aromatic N) is 1. The fraction of sp³-hybridized carbons (Fsp3) is 0.273. The van der Waals surface area contributed by atoms with E-state index >= 15 is 0 Å². The molecule has 0 unspecified atom stereocenters. The quantitative estimate of drug-likeness (QED) is 0.873. The number of aromatic nitrogens is 1. The lowest BCUT2D eigenvalue weighted by Crippen LogP contribution is -2.14. The van der Waals surface area contributed by atoms with Crippen LogP contribution < -0.4 is 4.72 Å². The summed E-state index contributed by atoms with van der Waals surface area (Å²) < 4.78 is 31.0. The number of aryl methyl sites for hydroxylation is 2. The molecule has 0 aromatic carbocycles. The molecule has 0 amide bonds. The van der Waals surface area contributed by atoms with Crippen molar-refractivity contribution in [1.29, 1.82) is 0 Å². The zero-order valence-corrected chi connectivity index (χ0v) is 12.3. The van der Waals surface area contributed by atoms with E-state index in [0.717, 1.165) is 11.3 Å². The zero-order chi connectivity index (χ0) is 14.9. The fourth-order valence-electron chi connectivity index (χ4n) is 1.61. The highest BCUT2D eigenvalue weighted by Crippen LogP contribution is 2.27. The van der Waals surface area contributed by atoms with E-state index in [0.29, 0.717) is 17.0 Å². The van der Waals surface area contributed by atoms with Crippen LogP contribution in [0.15, 0.2) is 16.7 Å². The minimum atomic E-state index is -3.66. The summed E-state index contributed by atoms with van der Waals surface area (Å²) in [6.45, 7) is 3.27. The van der Waals surface area contributed by atoms with Gasteiger partial charge in [0, 0.05) is 6.07 Å². The van der Waals surface area contributed by atoms with Crippen LogP contribution in [0, 0.1) is 13.8 Å². The molecule has 0 spiro atoms. The Bertz CT molecular complexity index is 745. The van der Waals surface area contributed by atoms with Crippen LogP contribution in [0.3, 0.4) is 0 Å². The minimum Gasteiger partial charge on any atom is -0.477 e. The molecular weight excluding hydrogens is 304 g/mol. The summed E-state index contributed by atoms with van der Waals surface area (Å²) in [5.41, 5.74) is 0.805. The van der Waals surface area contributed by atoms with Crippen molar-refractivity contribution >= 4 is 32.3 Å². The van der Waals surface area contributed by atoms with E-state index in [2.05, 4.69) is 9.88 Å². The summed E-state index contributed by atoms with van der Waals surface area (Å²) in [5, 5.41) is 12.8. The first-order valence-corrected chi connectivity index (χ1v) is 8.00. The van der Waals surface area contributed by atoms with Gasteiger partial charge in [0.25, 0.3) is 0 Å². The maximum atomic E-state index is 11.9. The number of hydrogen-bond acceptors (Lipinski definition) is 6. The SMILES string of the molecule is Cc1cc(CS(=O)(=O)Nc2cc(C)c(C(=O)O)s2)no1. The second kappa shape index (κ2) is 5.25. The van der Waals surface area contributed by atoms with Crippen LogP contribution in [0.5, 0.6) is 0 Å². The summed E-state index contributed by atoms with van der Waals surface area (Å²) in [6, 6.07) is 3.02. The van der Waals surface area contributed by atoms with Gasteiger partial charge in [-0.25, -0.2) is 13.2 Å². The number of aromatic carboxylic acids is 1. The Morgan fingerprint density at radius 3 is 2.65 bits per heavy atom. The van der Waals surface area contributed by atoms with Crippen molar-refractivity contribution in [3.05, 3.63) is 34.0 Å². The van der Waals surface area contributed by atoms with Crippen molar-refractivity contribution in [2.75, 3.05) is 4.72 Å². The molecule has 2 N–H and O–H groups in total. The maximum absolute atomic E-state index is 11.9. The van der Waals surface area contributed by atoms with Crippen molar-refractivity contribution in [3.8, 4) is 0 Å². The molecule has 0 atom stereocenters. The van der Waals surface area contributed by atoms with Gasteiger partial charge in [-0.3, -0.25) is 4.72 Å². The summed E-state index contributed by atoms with van der Waals surface area (Å²) in [6.07, 6.45) is 0. The average molecular weight is 316 g/mol. The van der Waals surface area contributed by atoms with Crippen LogP contribution in [-0.4, -0.2) is 24.7 Å². The molecule has 2 aromatic heterocycles. The van der Waals surface area contributed by atoms with Crippen molar-refractivity contribution in [2.45, 2.75) is 19.6 Å². The van der Waals surface area contributed by atoms with Gasteiger partial charge < -0.3 is 9.63 Å². The zero-order valence-electron chi connectivity index (χ0n) is 10.7. The van der Waals surface area contributed by atoms with Crippen molar-refractivity contribution in [2.24, 2.45) is 0 Å². The van der Waals surface area contributed by atoms with Crippen LogP contribution in [0.2, 0.25) is 0 Å². The van der Waals surface area contributed by atoms with E-state index in [1.165, 1.54) is 12.1 Å². The Kier molecular flexibility index (Phi) is 3.82. The topological polar surface area (TPSA) is 110 Å². The average Bonchev–Trinajstić information content (AvgIpc) is 2.84. The number of carbonyl (C=O) groups is 1. The van der Waals surface area contributed by atoms with E-state index in [9.17, 15) is 13.2 Å². The number of nitrogens with one attached hydrogen (secondary N) is 1. The molecule has 7 nitrogen and oxygen atoms in total. The van der Waals surface area contributed by atoms with Gasteiger partial charge in [-0.15, -0.1) is 11.3 Å². The number of sulfonamides is 1. The van der Waals surface area contributed by atoms with Gasteiger partial charge in [0.2, 0.25) is 10.0 Å². The lowest BCUT2D eigenvalue weighted by atomic mass is 10.3. The van der Waals surface area contributed by atoms with Crippen LogP contribution >= 0.6 is 11.3 Å². The number of anilines is 1. The lowest BCUT2D eigenvalue weighted by Gasteiger charge is -2.02. The first-order chi connectivity index (χ1) is 9.27. The fourth-order valence-corrected chi connectivity index (χ4v) is 3.89. The van der Waals surface area contributed by atoms with E-state index in [1.807, 2.05) is 0 Å². The molecule has 0 radical (unpaired) electrons. The van der Waals surface area contributed by atoms with Crippen LogP contribution in [0.25, 0.3) is 0 Å². The highest BCUT2D eigenvalue weighted by atomic mass is 32.2. The van der Waals surface area contributed by atoms with Gasteiger partial charge in [0.1, 0.15) is 27.1 Å². The normalized spacial score (nSPS) is 11.5. The summed E-state index contributed by atoms with van der Waals surface area (Å²) in [5.74, 6) is -0.885. The van der Waals surface area contributed by atoms with Gasteiger partial charge in [0.15, 0.2) is 0 Å². The van der Waals surface area contributed by atoms with Crippen molar-refractivity contribution < 1.29 is 22.8 Å². The number of hydrogen-bond donors (Lipinski definition) is 2. The van der Waals surface area contributed by atoms with Gasteiger partial charge in [0.05, 0.1) is 0 Å². The third kappa shape index (κ3) is 3.36. The van der Waals surface area contributed by atoms with E-state index in [1.54, 1.807) is 13.8 Å². The molecule has 108 valence electrons. The van der Waals surface area contributed by atoms with Crippen molar-refractivity contribution in [1.82, 2.24) is 5.16 Å². The molecule has 0 aliphatic heterocycles. The molecule has 0 aliphatic carbocycles. The molecule has 9 heteroatoms. The van der Waals surface area contributed by atoms with Gasteiger partial charge >= 0.3 is 5.97 Å². The number of rotatable bonds is 5. The molecule has 0 aliphatic rings. The number of thiophene rings is 1. The molecular formula is C11H12N2O5S2. The van der Waals surface area contributed by atoms with Gasteiger partial charge in [-0.1, -0.05) is 5.16 Å². The Morgan fingerprint density at radius 1 is 1.45 bits per heavy atom. The number of carboxylic acids is 1. The number of carboxylic acid groups (broad SMARTS) is 1. The molecule has 0 bridgehead atoms. The second-order valence-electron chi connectivity index (χ2n) is 4.22. The molecule has 0 saturated carbocycles. The Morgan fingerprint density at radius 2 is 2.15 bits per heavy atom. The summed E-state index contributed by atoms with van der Waals surface area (Å²) in [4.78, 5) is 11.0. The Hall–Kier alpha value is -1.87. The predicted molar refractivity (Wildman–Crippen MR) is 73.5 cm³/mol. The molecule has 2 heterocycles. The smallest absolute Gasteiger partial charge is 0.346 e. The van der Waals surface area contributed by atoms with Gasteiger partial charge in [-0.05, 0) is 25.5 Å². The third-order valence-electron chi connectivity index (χ3n) is 2.38. The van der Waals surface area contributed by atoms with Crippen LogP contribution in [0.4, 0.5) is 5.00 Å². The molecule has 0 fully saturated rings. The van der Waals surface area contributed by atoms with E-state index in [-0.39, 0.29) is 15.6 Å². The molecule has 0 saturated heterocycles. The molecule has 20 heavy (non-hydrogen) atoms. The van der Waals surface area contributed by atoms with Gasteiger partial charge in [-0.2, -0.15) is 0 Å². The second-order valence-corrected chi connectivity index (χ2v) is 6.99. The summed E-state index contributed by atoms with van der Waals surface area (Å²) >= 11 is 0.877. The third-order valence-corrected chi connectivity index (χ3v) is 4.86. The van der Waals surface area contributed by atoms with E-state index in [4.69, 9.17) is 9.63 Å². The monoisotopic (exact) mass is 316 g/mol.